The van der Waals surface area contributed by atoms with Crippen LogP contribution in [0.2, 0.25) is 0 Å². The molecule has 2 aromatic heterocycles. The first kappa shape index (κ1) is 21.8. The lowest BCUT2D eigenvalue weighted by molar-refractivity contribution is -0.116. The SMILES string of the molecule is O=C(Cn1cnc2ccccc2c1=O)Nc1ccc(-c2ccc(N3CCCCCC3)nn2)cc1. The summed E-state index contributed by atoms with van der Waals surface area (Å²) in [6, 6.07) is 18.5. The standard InChI is InChI=1S/C26H26N6O2/c33-25(17-32-18-27-23-8-4-3-7-21(23)26(32)34)28-20-11-9-19(10-12-20)22-13-14-24(30-29-22)31-15-5-1-2-6-16-31/h3-4,7-14,18H,1-2,5-6,15-17H2,(H,28,33). The van der Waals surface area contributed by atoms with Crippen LogP contribution in [0.1, 0.15) is 25.7 Å². The number of carbonyl (C=O) groups excluding carboxylic acids is 1. The molecule has 172 valence electrons. The largest absolute Gasteiger partial charge is 0.355 e. The Morgan fingerprint density at radius 2 is 1.65 bits per heavy atom. The van der Waals surface area contributed by atoms with Gasteiger partial charge in [-0.25, -0.2) is 4.98 Å². The minimum Gasteiger partial charge on any atom is -0.355 e. The molecule has 1 aliphatic heterocycles. The van der Waals surface area contributed by atoms with Crippen LogP contribution >= 0.6 is 0 Å². The summed E-state index contributed by atoms with van der Waals surface area (Å²) in [6.07, 6.45) is 6.36. The van der Waals surface area contributed by atoms with Crippen molar-refractivity contribution in [3.05, 3.63) is 77.3 Å². The highest BCUT2D eigenvalue weighted by Crippen LogP contribution is 2.22. The first-order chi connectivity index (χ1) is 16.7. The Balaban J connectivity index is 1.23. The molecule has 0 atom stereocenters. The van der Waals surface area contributed by atoms with Crippen molar-refractivity contribution >= 4 is 28.3 Å². The molecule has 1 amide bonds. The van der Waals surface area contributed by atoms with E-state index in [1.54, 1.807) is 18.2 Å². The van der Waals surface area contributed by atoms with E-state index in [1.807, 2.05) is 42.5 Å². The molecule has 8 nitrogen and oxygen atoms in total. The number of carbonyl (C=O) groups is 1. The van der Waals surface area contributed by atoms with Crippen molar-refractivity contribution in [3.8, 4) is 11.3 Å². The number of nitrogens with one attached hydrogen (secondary N) is 1. The van der Waals surface area contributed by atoms with Gasteiger partial charge < -0.3 is 10.2 Å². The fourth-order valence-electron chi connectivity index (χ4n) is 4.25. The molecule has 1 N–H and O–H groups in total. The smallest absolute Gasteiger partial charge is 0.261 e. The van der Waals surface area contributed by atoms with Crippen LogP contribution in [0, 0.1) is 0 Å². The van der Waals surface area contributed by atoms with Gasteiger partial charge in [0.25, 0.3) is 5.56 Å². The van der Waals surface area contributed by atoms with Gasteiger partial charge in [0.05, 0.1) is 22.9 Å². The molecule has 0 radical (unpaired) electrons. The summed E-state index contributed by atoms with van der Waals surface area (Å²) < 4.78 is 1.31. The number of nitrogens with zero attached hydrogens (tertiary/aromatic N) is 5. The van der Waals surface area contributed by atoms with E-state index < -0.39 is 0 Å². The third kappa shape index (κ3) is 4.80. The van der Waals surface area contributed by atoms with E-state index in [4.69, 9.17) is 0 Å². The van der Waals surface area contributed by atoms with E-state index >= 15 is 0 Å². The number of anilines is 2. The highest BCUT2D eigenvalue weighted by atomic mass is 16.2. The van der Waals surface area contributed by atoms with Crippen molar-refractivity contribution in [2.24, 2.45) is 0 Å². The van der Waals surface area contributed by atoms with E-state index in [9.17, 15) is 9.59 Å². The van der Waals surface area contributed by atoms with Crippen LogP contribution in [0.25, 0.3) is 22.2 Å². The van der Waals surface area contributed by atoms with Gasteiger partial charge in [0, 0.05) is 24.3 Å². The molecule has 34 heavy (non-hydrogen) atoms. The lowest BCUT2D eigenvalue weighted by Crippen LogP contribution is -2.27. The van der Waals surface area contributed by atoms with Gasteiger partial charge >= 0.3 is 0 Å². The quantitative estimate of drug-likeness (QED) is 0.492. The fourth-order valence-corrected chi connectivity index (χ4v) is 4.25. The molecule has 4 aromatic rings. The van der Waals surface area contributed by atoms with Gasteiger partial charge in [-0.3, -0.25) is 14.2 Å². The fraction of sp³-hybridized carbons (Fsp3) is 0.269. The van der Waals surface area contributed by atoms with Gasteiger partial charge in [-0.05, 0) is 49.2 Å². The molecule has 0 saturated carbocycles. The number of benzene rings is 2. The maximum absolute atomic E-state index is 12.6. The van der Waals surface area contributed by atoms with Crippen molar-refractivity contribution < 1.29 is 4.79 Å². The Bertz CT molecular complexity index is 1340. The maximum Gasteiger partial charge on any atom is 0.261 e. The van der Waals surface area contributed by atoms with Crippen molar-refractivity contribution in [3.63, 3.8) is 0 Å². The Labute approximate surface area is 197 Å². The van der Waals surface area contributed by atoms with Crippen LogP contribution in [-0.4, -0.2) is 38.7 Å². The van der Waals surface area contributed by atoms with Gasteiger partial charge in [-0.15, -0.1) is 10.2 Å². The number of aromatic nitrogens is 4. The Kier molecular flexibility index (Phi) is 6.29. The lowest BCUT2D eigenvalue weighted by atomic mass is 10.1. The summed E-state index contributed by atoms with van der Waals surface area (Å²) in [5.74, 6) is 0.626. The number of hydrogen-bond acceptors (Lipinski definition) is 6. The maximum atomic E-state index is 12.6. The van der Waals surface area contributed by atoms with Gasteiger partial charge in [-0.2, -0.15) is 0 Å². The number of fused-ring (bicyclic) bond motifs is 1. The molecule has 1 aliphatic rings. The molecule has 3 heterocycles. The van der Waals surface area contributed by atoms with E-state index in [1.165, 1.54) is 36.6 Å². The van der Waals surface area contributed by atoms with Crippen molar-refractivity contribution in [2.75, 3.05) is 23.3 Å². The average Bonchev–Trinajstić information content (AvgIpc) is 3.16. The summed E-state index contributed by atoms with van der Waals surface area (Å²) in [6.45, 7) is 1.95. The second-order valence-corrected chi connectivity index (χ2v) is 8.50. The Morgan fingerprint density at radius 1 is 0.882 bits per heavy atom. The third-order valence-corrected chi connectivity index (χ3v) is 6.09. The Hall–Kier alpha value is -4.07. The van der Waals surface area contributed by atoms with Gasteiger partial charge in [0.2, 0.25) is 5.91 Å². The normalized spacial score (nSPS) is 14.1. The molecule has 1 saturated heterocycles. The average molecular weight is 455 g/mol. The number of amides is 1. The van der Waals surface area contributed by atoms with Crippen LogP contribution in [0.4, 0.5) is 11.5 Å². The van der Waals surface area contributed by atoms with Crippen LogP contribution < -0.4 is 15.8 Å². The first-order valence-corrected chi connectivity index (χ1v) is 11.6. The van der Waals surface area contributed by atoms with E-state index in [2.05, 4.69) is 25.4 Å². The van der Waals surface area contributed by atoms with Gasteiger partial charge in [-0.1, -0.05) is 37.1 Å². The zero-order chi connectivity index (χ0) is 23.3. The van der Waals surface area contributed by atoms with Crippen LogP contribution in [0.15, 0.2) is 71.8 Å². The van der Waals surface area contributed by atoms with Gasteiger partial charge in [0.1, 0.15) is 6.54 Å². The number of hydrogen-bond donors (Lipinski definition) is 1. The minimum atomic E-state index is -0.298. The molecule has 5 rings (SSSR count). The number of para-hydroxylation sites is 1. The predicted molar refractivity (Wildman–Crippen MR) is 133 cm³/mol. The molecule has 1 fully saturated rings. The zero-order valence-electron chi connectivity index (χ0n) is 18.9. The molecule has 0 bridgehead atoms. The van der Waals surface area contributed by atoms with Crippen molar-refractivity contribution in [1.29, 1.82) is 0 Å². The first-order valence-electron chi connectivity index (χ1n) is 11.6. The molecule has 0 unspecified atom stereocenters. The molecule has 2 aromatic carbocycles. The van der Waals surface area contributed by atoms with Crippen LogP contribution in [0.5, 0.6) is 0 Å². The predicted octanol–water partition coefficient (Wildman–Crippen LogP) is 3.87. The summed E-state index contributed by atoms with van der Waals surface area (Å²) in [5.41, 5.74) is 2.72. The van der Waals surface area contributed by atoms with Crippen LogP contribution in [0.3, 0.4) is 0 Å². The highest BCUT2D eigenvalue weighted by molar-refractivity contribution is 5.91. The highest BCUT2D eigenvalue weighted by Gasteiger charge is 2.12. The van der Waals surface area contributed by atoms with E-state index in [-0.39, 0.29) is 18.0 Å². The van der Waals surface area contributed by atoms with Gasteiger partial charge in [0.15, 0.2) is 5.82 Å². The molecule has 8 heteroatoms. The van der Waals surface area contributed by atoms with Crippen LogP contribution in [-0.2, 0) is 11.3 Å². The zero-order valence-corrected chi connectivity index (χ0v) is 18.9. The summed E-state index contributed by atoms with van der Waals surface area (Å²) in [5, 5.41) is 12.2. The molecular formula is C26H26N6O2. The van der Waals surface area contributed by atoms with Crippen molar-refractivity contribution in [2.45, 2.75) is 32.2 Å². The summed E-state index contributed by atoms with van der Waals surface area (Å²) in [7, 11) is 0. The topological polar surface area (TPSA) is 93.0 Å². The molecular weight excluding hydrogens is 428 g/mol. The lowest BCUT2D eigenvalue weighted by Gasteiger charge is -2.20. The van der Waals surface area contributed by atoms with E-state index in [0.717, 1.165) is 30.2 Å². The van der Waals surface area contributed by atoms with Crippen molar-refractivity contribution in [1.82, 2.24) is 19.7 Å². The second kappa shape index (κ2) is 9.82. The molecule has 0 aliphatic carbocycles. The third-order valence-electron chi connectivity index (χ3n) is 6.09. The monoisotopic (exact) mass is 454 g/mol. The minimum absolute atomic E-state index is 0.109. The second-order valence-electron chi connectivity index (χ2n) is 8.50. The summed E-state index contributed by atoms with van der Waals surface area (Å²) in [4.78, 5) is 31.7. The Morgan fingerprint density at radius 3 is 2.38 bits per heavy atom. The summed E-state index contributed by atoms with van der Waals surface area (Å²) >= 11 is 0. The number of rotatable bonds is 5. The van der Waals surface area contributed by atoms with E-state index in [0.29, 0.717) is 16.6 Å². The molecule has 0 spiro atoms.